The van der Waals surface area contributed by atoms with Crippen molar-refractivity contribution >= 4 is 11.0 Å². The Kier molecular flexibility index (Phi) is 5.93. The maximum Gasteiger partial charge on any atom is 0.135 e. The third-order valence-electron chi connectivity index (χ3n) is 4.75. The number of aryl methyl sites for hydroxylation is 2. The minimum absolute atomic E-state index is 0.781. The first-order valence-corrected chi connectivity index (χ1v) is 9.49. The van der Waals surface area contributed by atoms with Crippen molar-refractivity contribution in [3.05, 3.63) is 59.4 Å². The zero-order valence-electron chi connectivity index (χ0n) is 15.7. The zero-order chi connectivity index (χ0) is 17.6. The molecule has 0 aliphatic heterocycles. The Hall–Kier alpha value is -2.06. The van der Waals surface area contributed by atoms with Crippen LogP contribution in [0.1, 0.15) is 49.5 Å². The van der Waals surface area contributed by atoms with E-state index in [1.54, 1.807) is 0 Å². The number of unbranched alkanes of at least 4 members (excludes halogenated alkanes) is 3. The normalized spacial score (nSPS) is 11.3. The van der Waals surface area contributed by atoms with Gasteiger partial charge in [-0.3, -0.25) is 0 Å². The van der Waals surface area contributed by atoms with Gasteiger partial charge in [0.15, 0.2) is 0 Å². The summed E-state index contributed by atoms with van der Waals surface area (Å²) in [6.45, 7) is 8.33. The predicted octanol–water partition coefficient (Wildman–Crippen LogP) is 6.39. The number of hydrogen-bond donors (Lipinski definition) is 1. The minimum Gasteiger partial charge on any atom is -0.459 e. The SMILES string of the molecule is CCCCCCNCc1oc2ccc(C)cc2c1-c1ccc(C)cc1. The van der Waals surface area contributed by atoms with Gasteiger partial charge in [-0.05, 0) is 44.5 Å². The van der Waals surface area contributed by atoms with Crippen molar-refractivity contribution in [2.24, 2.45) is 0 Å². The number of rotatable bonds is 8. The van der Waals surface area contributed by atoms with Crippen molar-refractivity contribution < 1.29 is 4.42 Å². The van der Waals surface area contributed by atoms with Crippen LogP contribution in [0.3, 0.4) is 0 Å². The van der Waals surface area contributed by atoms with Crippen LogP contribution in [0.15, 0.2) is 46.9 Å². The van der Waals surface area contributed by atoms with Crippen LogP contribution in [0.5, 0.6) is 0 Å². The van der Waals surface area contributed by atoms with Crippen LogP contribution in [0, 0.1) is 13.8 Å². The van der Waals surface area contributed by atoms with Gasteiger partial charge in [-0.1, -0.05) is 67.6 Å². The molecule has 2 heteroatoms. The molecule has 132 valence electrons. The molecular weight excluding hydrogens is 306 g/mol. The molecule has 1 N–H and O–H groups in total. The number of furan rings is 1. The Morgan fingerprint density at radius 2 is 1.64 bits per heavy atom. The van der Waals surface area contributed by atoms with E-state index in [0.717, 1.165) is 24.4 Å². The summed E-state index contributed by atoms with van der Waals surface area (Å²) in [4.78, 5) is 0. The van der Waals surface area contributed by atoms with Gasteiger partial charge in [0.25, 0.3) is 0 Å². The molecule has 1 heterocycles. The van der Waals surface area contributed by atoms with Crippen LogP contribution < -0.4 is 5.32 Å². The van der Waals surface area contributed by atoms with Gasteiger partial charge in [-0.15, -0.1) is 0 Å². The number of benzene rings is 2. The molecule has 0 bridgehead atoms. The van der Waals surface area contributed by atoms with Crippen LogP contribution >= 0.6 is 0 Å². The zero-order valence-corrected chi connectivity index (χ0v) is 15.7. The molecule has 2 aromatic carbocycles. The third kappa shape index (κ3) is 4.32. The van der Waals surface area contributed by atoms with E-state index in [4.69, 9.17) is 4.42 Å². The Morgan fingerprint density at radius 3 is 2.40 bits per heavy atom. The van der Waals surface area contributed by atoms with Gasteiger partial charge in [-0.25, -0.2) is 0 Å². The molecule has 0 radical (unpaired) electrons. The summed E-state index contributed by atoms with van der Waals surface area (Å²) in [5.41, 5.74) is 5.99. The molecule has 0 aliphatic carbocycles. The van der Waals surface area contributed by atoms with Gasteiger partial charge >= 0.3 is 0 Å². The summed E-state index contributed by atoms with van der Waals surface area (Å²) >= 11 is 0. The van der Waals surface area contributed by atoms with E-state index in [1.165, 1.54) is 53.3 Å². The molecule has 0 spiro atoms. The van der Waals surface area contributed by atoms with Crippen LogP contribution in [0.4, 0.5) is 0 Å². The smallest absolute Gasteiger partial charge is 0.135 e. The van der Waals surface area contributed by atoms with Crippen molar-refractivity contribution in [1.82, 2.24) is 5.32 Å². The second kappa shape index (κ2) is 8.35. The lowest BCUT2D eigenvalue weighted by Crippen LogP contribution is -2.14. The molecule has 0 fully saturated rings. The highest BCUT2D eigenvalue weighted by atomic mass is 16.3. The fourth-order valence-corrected chi connectivity index (χ4v) is 3.30. The summed E-state index contributed by atoms with van der Waals surface area (Å²) in [5, 5.41) is 4.78. The first-order chi connectivity index (χ1) is 12.2. The Balaban J connectivity index is 1.86. The molecule has 3 aromatic rings. The summed E-state index contributed by atoms with van der Waals surface area (Å²) in [5.74, 6) is 1.04. The highest BCUT2D eigenvalue weighted by Crippen LogP contribution is 2.35. The van der Waals surface area contributed by atoms with Crippen LogP contribution in [-0.4, -0.2) is 6.54 Å². The summed E-state index contributed by atoms with van der Waals surface area (Å²) in [6.07, 6.45) is 5.13. The molecule has 0 atom stereocenters. The van der Waals surface area contributed by atoms with Crippen LogP contribution in [0.25, 0.3) is 22.1 Å². The predicted molar refractivity (Wildman–Crippen MR) is 107 cm³/mol. The highest BCUT2D eigenvalue weighted by Gasteiger charge is 2.15. The monoisotopic (exact) mass is 335 g/mol. The number of fused-ring (bicyclic) bond motifs is 1. The Bertz CT molecular complexity index is 814. The minimum atomic E-state index is 0.781. The van der Waals surface area contributed by atoms with Gasteiger partial charge < -0.3 is 9.73 Å². The summed E-state index contributed by atoms with van der Waals surface area (Å²) in [6, 6.07) is 15.2. The second-order valence-corrected chi connectivity index (χ2v) is 7.00. The quantitative estimate of drug-likeness (QED) is 0.483. The standard InChI is InChI=1S/C23H29NO/c1-4-5-6-7-14-24-16-22-23(19-11-8-17(2)9-12-19)20-15-18(3)10-13-21(20)25-22/h8-13,15,24H,4-7,14,16H2,1-3H3. The van der Waals surface area contributed by atoms with E-state index in [0.29, 0.717) is 0 Å². The summed E-state index contributed by atoms with van der Waals surface area (Å²) in [7, 11) is 0. The fourth-order valence-electron chi connectivity index (χ4n) is 3.30. The van der Waals surface area contributed by atoms with E-state index in [1.807, 2.05) is 0 Å². The van der Waals surface area contributed by atoms with Crippen LogP contribution in [-0.2, 0) is 6.54 Å². The largest absolute Gasteiger partial charge is 0.459 e. The average Bonchev–Trinajstić information content (AvgIpc) is 2.96. The Labute approximate surface area is 151 Å². The molecule has 25 heavy (non-hydrogen) atoms. The summed E-state index contributed by atoms with van der Waals surface area (Å²) < 4.78 is 6.20. The van der Waals surface area contributed by atoms with Crippen molar-refractivity contribution in [3.63, 3.8) is 0 Å². The molecule has 0 saturated carbocycles. The van der Waals surface area contributed by atoms with E-state index < -0.39 is 0 Å². The fraction of sp³-hybridized carbons (Fsp3) is 0.391. The second-order valence-electron chi connectivity index (χ2n) is 7.00. The van der Waals surface area contributed by atoms with E-state index in [2.05, 4.69) is 68.6 Å². The van der Waals surface area contributed by atoms with E-state index in [-0.39, 0.29) is 0 Å². The van der Waals surface area contributed by atoms with Crippen molar-refractivity contribution in [2.75, 3.05) is 6.54 Å². The molecule has 1 aromatic heterocycles. The van der Waals surface area contributed by atoms with E-state index >= 15 is 0 Å². The lowest BCUT2D eigenvalue weighted by atomic mass is 9.99. The van der Waals surface area contributed by atoms with Crippen molar-refractivity contribution in [2.45, 2.75) is 53.0 Å². The topological polar surface area (TPSA) is 25.2 Å². The molecular formula is C23H29NO. The third-order valence-corrected chi connectivity index (χ3v) is 4.75. The van der Waals surface area contributed by atoms with Crippen molar-refractivity contribution in [1.29, 1.82) is 0 Å². The maximum atomic E-state index is 6.20. The lowest BCUT2D eigenvalue weighted by Gasteiger charge is -2.06. The van der Waals surface area contributed by atoms with Gasteiger partial charge in [0.2, 0.25) is 0 Å². The van der Waals surface area contributed by atoms with Crippen molar-refractivity contribution in [3.8, 4) is 11.1 Å². The highest BCUT2D eigenvalue weighted by molar-refractivity contribution is 5.96. The molecule has 3 rings (SSSR count). The molecule has 2 nitrogen and oxygen atoms in total. The van der Waals surface area contributed by atoms with Gasteiger partial charge in [0, 0.05) is 10.9 Å². The molecule has 0 amide bonds. The molecule has 0 aliphatic rings. The molecule has 0 saturated heterocycles. The number of hydrogen-bond acceptors (Lipinski definition) is 2. The first-order valence-electron chi connectivity index (χ1n) is 9.49. The van der Waals surface area contributed by atoms with Gasteiger partial charge in [-0.2, -0.15) is 0 Å². The van der Waals surface area contributed by atoms with Gasteiger partial charge in [0.05, 0.1) is 6.54 Å². The first kappa shape index (κ1) is 17.8. The maximum absolute atomic E-state index is 6.20. The van der Waals surface area contributed by atoms with Gasteiger partial charge in [0.1, 0.15) is 11.3 Å². The lowest BCUT2D eigenvalue weighted by molar-refractivity contribution is 0.506. The average molecular weight is 335 g/mol. The van der Waals surface area contributed by atoms with Crippen LogP contribution in [0.2, 0.25) is 0 Å². The Morgan fingerprint density at radius 1 is 0.880 bits per heavy atom. The number of nitrogens with one attached hydrogen (secondary N) is 1. The van der Waals surface area contributed by atoms with E-state index in [9.17, 15) is 0 Å². The molecule has 0 unspecified atom stereocenters.